The Labute approximate surface area is 165 Å². The predicted molar refractivity (Wildman–Crippen MR) is 105 cm³/mol. The Morgan fingerprint density at radius 2 is 1.85 bits per heavy atom. The lowest BCUT2D eigenvalue weighted by atomic mass is 9.95. The van der Waals surface area contributed by atoms with Crippen molar-refractivity contribution in [1.29, 1.82) is 0 Å². The van der Waals surface area contributed by atoms with Gasteiger partial charge in [0.25, 0.3) is 0 Å². The second kappa shape index (κ2) is 9.09. The number of ether oxygens (including phenoxy) is 1. The van der Waals surface area contributed by atoms with E-state index < -0.39 is 5.60 Å². The summed E-state index contributed by atoms with van der Waals surface area (Å²) in [6.45, 7) is 6.16. The highest BCUT2D eigenvalue weighted by Crippen LogP contribution is 2.26. The second-order valence-electron chi connectivity index (χ2n) is 7.78. The number of nitrogens with zero attached hydrogens (tertiary/aromatic N) is 1. The zero-order chi connectivity index (χ0) is 19.3. The highest BCUT2D eigenvalue weighted by molar-refractivity contribution is 6.36. The van der Waals surface area contributed by atoms with Gasteiger partial charge in [-0.3, -0.25) is 4.79 Å². The van der Waals surface area contributed by atoms with Crippen molar-refractivity contribution < 1.29 is 14.3 Å². The van der Waals surface area contributed by atoms with Crippen molar-refractivity contribution in [2.45, 2.75) is 70.9 Å². The topological polar surface area (TPSA) is 46.6 Å². The fourth-order valence-corrected chi connectivity index (χ4v) is 3.68. The number of ketones is 1. The van der Waals surface area contributed by atoms with Gasteiger partial charge in [0.15, 0.2) is 5.78 Å². The van der Waals surface area contributed by atoms with E-state index in [0.717, 1.165) is 32.1 Å². The Morgan fingerprint density at radius 1 is 1.15 bits per heavy atom. The molecule has 144 valence electrons. The monoisotopic (exact) mass is 399 g/mol. The Bertz CT molecular complexity index is 655. The van der Waals surface area contributed by atoms with Crippen LogP contribution in [0.1, 0.15) is 69.7 Å². The van der Waals surface area contributed by atoms with Gasteiger partial charge in [0.2, 0.25) is 0 Å². The number of hydrogen-bond acceptors (Lipinski definition) is 3. The molecule has 0 saturated carbocycles. The number of halogens is 2. The van der Waals surface area contributed by atoms with Crippen LogP contribution in [0.15, 0.2) is 18.2 Å². The van der Waals surface area contributed by atoms with Crippen molar-refractivity contribution >= 4 is 35.1 Å². The standard InChI is InChI=1S/C20H27Cl2NO3/c1-20(2,3)26-19(25)23-11-7-5-4-6-8-15(23)13-18(24)16-10-9-14(21)12-17(16)22/h9-10,12,15H,4-8,11,13H2,1-3H3. The van der Waals surface area contributed by atoms with E-state index in [1.807, 2.05) is 20.8 Å². The van der Waals surface area contributed by atoms with Crippen LogP contribution in [0.25, 0.3) is 0 Å². The van der Waals surface area contributed by atoms with Gasteiger partial charge in [0.05, 0.1) is 5.02 Å². The van der Waals surface area contributed by atoms with Gasteiger partial charge < -0.3 is 9.64 Å². The van der Waals surface area contributed by atoms with Gasteiger partial charge in [0.1, 0.15) is 5.60 Å². The highest BCUT2D eigenvalue weighted by Gasteiger charge is 2.30. The van der Waals surface area contributed by atoms with Crippen LogP contribution in [-0.2, 0) is 4.74 Å². The van der Waals surface area contributed by atoms with Gasteiger partial charge in [-0.2, -0.15) is 0 Å². The summed E-state index contributed by atoms with van der Waals surface area (Å²) < 4.78 is 5.56. The molecule has 0 aliphatic carbocycles. The van der Waals surface area contributed by atoms with E-state index in [4.69, 9.17) is 27.9 Å². The first kappa shape index (κ1) is 21.0. The largest absolute Gasteiger partial charge is 0.444 e. The number of rotatable bonds is 3. The summed E-state index contributed by atoms with van der Waals surface area (Å²) in [6.07, 6.45) is 4.80. The van der Waals surface area contributed by atoms with Crippen molar-refractivity contribution in [2.75, 3.05) is 6.54 Å². The molecule has 0 bridgehead atoms. The van der Waals surface area contributed by atoms with Crippen molar-refractivity contribution in [3.8, 4) is 0 Å². The molecule has 1 aromatic carbocycles. The second-order valence-corrected chi connectivity index (χ2v) is 8.63. The average Bonchev–Trinajstić information content (AvgIpc) is 2.48. The van der Waals surface area contributed by atoms with Gasteiger partial charge >= 0.3 is 6.09 Å². The minimum Gasteiger partial charge on any atom is -0.444 e. The molecule has 1 amide bonds. The minimum atomic E-state index is -0.562. The Kier molecular flexibility index (Phi) is 7.36. The van der Waals surface area contributed by atoms with E-state index >= 15 is 0 Å². The van der Waals surface area contributed by atoms with Gasteiger partial charge in [-0.25, -0.2) is 4.79 Å². The maximum atomic E-state index is 12.8. The first-order valence-electron chi connectivity index (χ1n) is 9.15. The molecule has 1 aromatic rings. The third-order valence-corrected chi connectivity index (χ3v) is 4.96. The van der Waals surface area contributed by atoms with Crippen molar-refractivity contribution in [2.24, 2.45) is 0 Å². The zero-order valence-corrected chi connectivity index (χ0v) is 17.2. The van der Waals surface area contributed by atoms with E-state index in [0.29, 0.717) is 22.2 Å². The molecule has 1 fully saturated rings. The number of hydrogen-bond donors (Lipinski definition) is 0. The summed E-state index contributed by atoms with van der Waals surface area (Å²) in [5.41, 5.74) is -0.115. The third kappa shape index (κ3) is 6.17. The molecule has 0 spiro atoms. The minimum absolute atomic E-state index is 0.0780. The lowest BCUT2D eigenvalue weighted by molar-refractivity contribution is 0.0129. The van der Waals surface area contributed by atoms with Crippen molar-refractivity contribution in [1.82, 2.24) is 4.90 Å². The molecule has 1 atom stereocenters. The first-order chi connectivity index (χ1) is 12.2. The summed E-state index contributed by atoms with van der Waals surface area (Å²) in [7, 11) is 0. The number of Topliss-reactive ketones (excluding diaryl/α,β-unsaturated/α-hetero) is 1. The Balaban J connectivity index is 2.17. The molecule has 1 saturated heterocycles. The summed E-state index contributed by atoms with van der Waals surface area (Å²) in [5.74, 6) is -0.0780. The molecule has 1 unspecified atom stereocenters. The lowest BCUT2D eigenvalue weighted by Crippen LogP contribution is -2.45. The lowest BCUT2D eigenvalue weighted by Gasteiger charge is -2.34. The third-order valence-electron chi connectivity index (χ3n) is 4.41. The number of carbonyl (C=O) groups excluding carboxylic acids is 2. The fraction of sp³-hybridized carbons (Fsp3) is 0.600. The van der Waals surface area contributed by atoms with Gasteiger partial charge in [-0.15, -0.1) is 0 Å². The molecule has 4 nitrogen and oxygen atoms in total. The maximum Gasteiger partial charge on any atom is 0.410 e. The molecule has 26 heavy (non-hydrogen) atoms. The van der Waals surface area contributed by atoms with Gasteiger partial charge in [-0.1, -0.05) is 42.5 Å². The molecule has 0 aromatic heterocycles. The molecule has 2 rings (SSSR count). The van der Waals surface area contributed by atoms with Crippen LogP contribution in [-0.4, -0.2) is 35.0 Å². The van der Waals surface area contributed by atoms with E-state index in [1.165, 1.54) is 0 Å². The zero-order valence-electron chi connectivity index (χ0n) is 15.7. The molecular formula is C20H27Cl2NO3. The van der Waals surface area contributed by atoms with E-state index in [9.17, 15) is 9.59 Å². The molecule has 0 radical (unpaired) electrons. The van der Waals surface area contributed by atoms with Crippen LogP contribution in [0.3, 0.4) is 0 Å². The summed E-state index contributed by atoms with van der Waals surface area (Å²) in [5, 5.41) is 0.838. The SMILES string of the molecule is CC(C)(C)OC(=O)N1CCCCCCC1CC(=O)c1ccc(Cl)cc1Cl. The molecule has 1 aliphatic heterocycles. The molecule has 1 heterocycles. The van der Waals surface area contributed by atoms with E-state index in [2.05, 4.69) is 0 Å². The maximum absolute atomic E-state index is 12.8. The summed E-state index contributed by atoms with van der Waals surface area (Å²) in [4.78, 5) is 27.2. The Hall–Kier alpha value is -1.26. The smallest absolute Gasteiger partial charge is 0.410 e. The highest BCUT2D eigenvalue weighted by atomic mass is 35.5. The van der Waals surface area contributed by atoms with E-state index in [-0.39, 0.29) is 24.3 Å². The fourth-order valence-electron chi connectivity index (χ4n) is 3.17. The molecular weight excluding hydrogens is 373 g/mol. The van der Waals surface area contributed by atoms with Gasteiger partial charge in [-0.05, 0) is 51.8 Å². The number of benzene rings is 1. The van der Waals surface area contributed by atoms with Gasteiger partial charge in [0, 0.05) is 29.6 Å². The number of amides is 1. The Morgan fingerprint density at radius 3 is 2.50 bits per heavy atom. The average molecular weight is 400 g/mol. The van der Waals surface area contributed by atoms with Crippen LogP contribution in [0.4, 0.5) is 4.79 Å². The van der Waals surface area contributed by atoms with Crippen molar-refractivity contribution in [3.05, 3.63) is 33.8 Å². The molecule has 1 aliphatic rings. The van der Waals surface area contributed by atoms with E-state index in [1.54, 1.807) is 23.1 Å². The van der Waals surface area contributed by atoms with Crippen molar-refractivity contribution in [3.63, 3.8) is 0 Å². The summed E-state index contributed by atoms with van der Waals surface area (Å²) in [6, 6.07) is 4.70. The van der Waals surface area contributed by atoms with Crippen LogP contribution in [0.2, 0.25) is 10.0 Å². The van der Waals surface area contributed by atoms with Crippen LogP contribution >= 0.6 is 23.2 Å². The predicted octanol–water partition coefficient (Wildman–Crippen LogP) is 6.14. The number of carbonyl (C=O) groups is 2. The normalized spacial score (nSPS) is 18.8. The number of likely N-dealkylation sites (tertiary alicyclic amines) is 1. The van der Waals surface area contributed by atoms with Crippen LogP contribution in [0, 0.1) is 0 Å². The molecule has 6 heteroatoms. The van der Waals surface area contributed by atoms with Crippen LogP contribution in [0.5, 0.6) is 0 Å². The van der Waals surface area contributed by atoms with Crippen LogP contribution < -0.4 is 0 Å². The molecule has 0 N–H and O–H groups in total. The first-order valence-corrected chi connectivity index (χ1v) is 9.91. The summed E-state index contributed by atoms with van der Waals surface area (Å²) >= 11 is 12.1. The quantitative estimate of drug-likeness (QED) is 0.573.